The van der Waals surface area contributed by atoms with Crippen molar-refractivity contribution < 1.29 is 9.59 Å². The molecule has 0 aliphatic rings. The first kappa shape index (κ1) is 26.9. The molecule has 0 saturated heterocycles. The van der Waals surface area contributed by atoms with E-state index < -0.39 is 0 Å². The number of benzene rings is 3. The van der Waals surface area contributed by atoms with Crippen molar-refractivity contribution in [3.63, 3.8) is 0 Å². The largest absolute Gasteiger partial charge is 0.388 e. The maximum atomic E-state index is 12.5. The Morgan fingerprint density at radius 2 is 1.72 bits per heavy atom. The summed E-state index contributed by atoms with van der Waals surface area (Å²) in [6.07, 6.45) is 6.05. The summed E-state index contributed by atoms with van der Waals surface area (Å²) in [5, 5.41) is 3.24. The minimum absolute atomic E-state index is 0.0383. The molecule has 0 amide bonds. The van der Waals surface area contributed by atoms with Crippen LogP contribution in [0.15, 0.2) is 79.4 Å². The Labute approximate surface area is 216 Å². The Morgan fingerprint density at radius 3 is 2.39 bits per heavy atom. The van der Waals surface area contributed by atoms with Crippen molar-refractivity contribution in [2.24, 2.45) is 0 Å². The molecule has 1 atom stereocenters. The van der Waals surface area contributed by atoms with Crippen LogP contribution in [0.4, 0.5) is 5.69 Å². The molecule has 3 nitrogen and oxygen atoms in total. The number of Topliss-reactive ketones (excluding diaryl/α,β-unsaturated/α-hetero) is 1. The molecule has 0 saturated carbocycles. The number of anilines is 1. The molecule has 0 spiro atoms. The fraction of sp³-hybridized carbons (Fsp3) is 0.273. The third-order valence-corrected chi connectivity index (χ3v) is 6.72. The third kappa shape index (κ3) is 6.69. The average molecular weight is 480 g/mol. The van der Waals surface area contributed by atoms with Crippen LogP contribution in [0.2, 0.25) is 0 Å². The fourth-order valence-corrected chi connectivity index (χ4v) is 4.42. The van der Waals surface area contributed by atoms with E-state index in [4.69, 9.17) is 0 Å². The lowest BCUT2D eigenvalue weighted by Gasteiger charge is -2.14. The molecule has 36 heavy (non-hydrogen) atoms. The van der Waals surface area contributed by atoms with E-state index >= 15 is 0 Å². The average Bonchev–Trinajstić information content (AvgIpc) is 2.91. The van der Waals surface area contributed by atoms with Gasteiger partial charge in [0.1, 0.15) is 6.29 Å². The van der Waals surface area contributed by atoms with Gasteiger partial charge in [0.2, 0.25) is 0 Å². The Morgan fingerprint density at radius 1 is 1.03 bits per heavy atom. The lowest BCUT2D eigenvalue weighted by atomic mass is 9.91. The molecule has 0 heterocycles. The number of aldehydes is 1. The van der Waals surface area contributed by atoms with Crippen LogP contribution in [0, 0.1) is 6.92 Å². The quantitative estimate of drug-likeness (QED) is 0.162. The number of carbonyl (C=O) groups is 2. The van der Waals surface area contributed by atoms with Gasteiger partial charge in [-0.1, -0.05) is 87.5 Å². The summed E-state index contributed by atoms with van der Waals surface area (Å²) >= 11 is 0. The molecule has 3 aromatic rings. The van der Waals surface area contributed by atoms with E-state index in [1.807, 2.05) is 50.4 Å². The summed E-state index contributed by atoms with van der Waals surface area (Å²) in [6, 6.07) is 22.3. The van der Waals surface area contributed by atoms with Crippen molar-refractivity contribution in [3.05, 3.63) is 113 Å². The fourth-order valence-electron chi connectivity index (χ4n) is 4.42. The number of aryl methyl sites for hydroxylation is 1. The third-order valence-electron chi connectivity index (χ3n) is 6.72. The van der Waals surface area contributed by atoms with Crippen LogP contribution < -0.4 is 5.32 Å². The molecule has 1 N–H and O–H groups in total. The smallest absolute Gasteiger partial charge is 0.162 e. The van der Waals surface area contributed by atoms with E-state index in [0.717, 1.165) is 59.1 Å². The Bertz CT molecular complexity index is 1250. The zero-order valence-corrected chi connectivity index (χ0v) is 21.9. The van der Waals surface area contributed by atoms with Gasteiger partial charge >= 0.3 is 0 Å². The number of hydrogen-bond donors (Lipinski definition) is 1. The van der Waals surface area contributed by atoms with E-state index in [1.54, 1.807) is 0 Å². The summed E-state index contributed by atoms with van der Waals surface area (Å²) in [7, 11) is 1.93. The number of hydrogen-bond acceptors (Lipinski definition) is 3. The first-order valence-corrected chi connectivity index (χ1v) is 12.7. The normalized spacial score (nSPS) is 12.2. The first-order valence-electron chi connectivity index (χ1n) is 12.7. The Hall–Kier alpha value is -3.72. The molecule has 0 aliphatic heterocycles. The van der Waals surface area contributed by atoms with Gasteiger partial charge < -0.3 is 5.32 Å². The van der Waals surface area contributed by atoms with Crippen LogP contribution in [0.25, 0.3) is 11.1 Å². The summed E-state index contributed by atoms with van der Waals surface area (Å²) in [4.78, 5) is 24.6. The van der Waals surface area contributed by atoms with Gasteiger partial charge in [0.15, 0.2) is 5.78 Å². The highest BCUT2D eigenvalue weighted by Crippen LogP contribution is 2.28. The molecule has 0 aliphatic carbocycles. The van der Waals surface area contributed by atoms with Crippen molar-refractivity contribution in [2.75, 3.05) is 12.4 Å². The standard InChI is InChI=1S/C33H37NO2/c1-6-7-12-33(36)29-14-13-23(2)31(21-29)30(22-35)20-25(4)27-17-15-26(16-18-27)24(3)19-28-10-8-9-11-32(28)34-5/h8-11,13-18,20-22,25,34H,3,6-7,12,19H2,1-2,4-5H3/b30-20+. The van der Waals surface area contributed by atoms with Crippen LogP contribution in [0.1, 0.15) is 77.2 Å². The van der Waals surface area contributed by atoms with Gasteiger partial charge in [0, 0.05) is 30.3 Å². The second-order valence-electron chi connectivity index (χ2n) is 9.39. The van der Waals surface area contributed by atoms with Crippen molar-refractivity contribution in [2.45, 2.75) is 52.4 Å². The van der Waals surface area contributed by atoms with Crippen molar-refractivity contribution in [3.8, 4) is 0 Å². The minimum atomic E-state index is 0.0383. The second kappa shape index (κ2) is 12.8. The highest BCUT2D eigenvalue weighted by atomic mass is 16.1. The number of rotatable bonds is 12. The van der Waals surface area contributed by atoms with Gasteiger partial charge in [-0.3, -0.25) is 9.59 Å². The number of ketones is 1. The lowest BCUT2D eigenvalue weighted by molar-refractivity contribution is -0.103. The van der Waals surface area contributed by atoms with E-state index in [9.17, 15) is 9.59 Å². The van der Waals surface area contributed by atoms with E-state index in [1.165, 1.54) is 5.56 Å². The monoisotopic (exact) mass is 479 g/mol. The zero-order valence-electron chi connectivity index (χ0n) is 21.9. The summed E-state index contributed by atoms with van der Waals surface area (Å²) < 4.78 is 0. The van der Waals surface area contributed by atoms with Gasteiger partial charge in [-0.2, -0.15) is 0 Å². The molecule has 0 radical (unpaired) electrons. The van der Waals surface area contributed by atoms with Gasteiger partial charge in [0.05, 0.1) is 0 Å². The van der Waals surface area contributed by atoms with Gasteiger partial charge in [-0.15, -0.1) is 0 Å². The number of allylic oxidation sites excluding steroid dienone is 3. The highest BCUT2D eigenvalue weighted by molar-refractivity contribution is 6.08. The molecule has 3 rings (SSSR count). The molecular formula is C33H37NO2. The molecular weight excluding hydrogens is 442 g/mol. The Kier molecular flexibility index (Phi) is 9.58. The molecule has 3 heteroatoms. The SMILES string of the molecule is C=C(Cc1ccccc1NC)c1ccc(C(C)/C=C(\C=O)c2cc(C(=O)CCCC)ccc2C)cc1. The second-order valence-corrected chi connectivity index (χ2v) is 9.39. The van der Waals surface area contributed by atoms with E-state index in [0.29, 0.717) is 17.6 Å². The van der Waals surface area contributed by atoms with Crippen LogP contribution >= 0.6 is 0 Å². The van der Waals surface area contributed by atoms with E-state index in [2.05, 4.69) is 62.1 Å². The predicted molar refractivity (Wildman–Crippen MR) is 153 cm³/mol. The highest BCUT2D eigenvalue weighted by Gasteiger charge is 2.13. The summed E-state index contributed by atoms with van der Waals surface area (Å²) in [5.74, 6) is 0.168. The first-order chi connectivity index (χ1) is 17.4. The van der Waals surface area contributed by atoms with Crippen molar-refractivity contribution in [1.29, 1.82) is 0 Å². The van der Waals surface area contributed by atoms with Crippen LogP contribution in [0.5, 0.6) is 0 Å². The summed E-state index contributed by atoms with van der Waals surface area (Å²) in [6.45, 7) is 10.4. The maximum absolute atomic E-state index is 12.5. The minimum Gasteiger partial charge on any atom is -0.388 e. The molecule has 1 unspecified atom stereocenters. The molecule has 0 fully saturated rings. The van der Waals surface area contributed by atoms with E-state index in [-0.39, 0.29) is 11.7 Å². The number of unbranched alkanes of at least 4 members (excludes halogenated alkanes) is 1. The number of nitrogens with one attached hydrogen (secondary N) is 1. The number of para-hydroxylation sites is 1. The van der Waals surface area contributed by atoms with Crippen molar-refractivity contribution in [1.82, 2.24) is 0 Å². The summed E-state index contributed by atoms with van der Waals surface area (Å²) in [5.41, 5.74) is 8.71. The lowest BCUT2D eigenvalue weighted by Crippen LogP contribution is -2.02. The van der Waals surface area contributed by atoms with Crippen molar-refractivity contribution >= 4 is 28.9 Å². The van der Waals surface area contributed by atoms with Gasteiger partial charge in [-0.25, -0.2) is 0 Å². The molecule has 0 aromatic heterocycles. The van der Waals surface area contributed by atoms with Crippen LogP contribution in [-0.2, 0) is 11.2 Å². The Balaban J connectivity index is 1.79. The zero-order chi connectivity index (χ0) is 26.1. The molecule has 3 aromatic carbocycles. The van der Waals surface area contributed by atoms with Crippen LogP contribution in [-0.4, -0.2) is 19.1 Å². The van der Waals surface area contributed by atoms with Gasteiger partial charge in [0.25, 0.3) is 0 Å². The molecule has 0 bridgehead atoms. The van der Waals surface area contributed by atoms with Crippen LogP contribution in [0.3, 0.4) is 0 Å². The molecule has 186 valence electrons. The topological polar surface area (TPSA) is 46.2 Å². The maximum Gasteiger partial charge on any atom is 0.162 e. The predicted octanol–water partition coefficient (Wildman–Crippen LogP) is 8.05. The van der Waals surface area contributed by atoms with Gasteiger partial charge in [-0.05, 0) is 71.2 Å². The number of carbonyl (C=O) groups excluding carboxylic acids is 2.